The Morgan fingerprint density at radius 2 is 2.26 bits per heavy atom. The van der Waals surface area contributed by atoms with E-state index in [4.69, 9.17) is 5.11 Å². The zero-order chi connectivity index (χ0) is 13.8. The molecule has 0 spiro atoms. The van der Waals surface area contributed by atoms with Crippen LogP contribution in [-0.2, 0) is 11.3 Å². The van der Waals surface area contributed by atoms with Gasteiger partial charge in [-0.15, -0.1) is 0 Å². The van der Waals surface area contributed by atoms with E-state index in [1.54, 1.807) is 23.3 Å². The minimum Gasteiger partial charge on any atom is -0.480 e. The number of aliphatic hydroxyl groups is 1. The lowest BCUT2D eigenvalue weighted by Gasteiger charge is -2.21. The van der Waals surface area contributed by atoms with Crippen LogP contribution < -0.4 is 5.32 Å². The Kier molecular flexibility index (Phi) is 4.00. The molecule has 2 rings (SSSR count). The van der Waals surface area contributed by atoms with Gasteiger partial charge in [0.1, 0.15) is 6.04 Å². The highest BCUT2D eigenvalue weighted by Gasteiger charge is 2.38. The predicted octanol–water partition coefficient (Wildman–Crippen LogP) is -0.887. The molecule has 1 aliphatic heterocycles. The Labute approximate surface area is 109 Å². The molecule has 1 fully saturated rings. The maximum Gasteiger partial charge on any atom is 0.326 e. The zero-order valence-electron chi connectivity index (χ0n) is 10.3. The van der Waals surface area contributed by atoms with Crippen LogP contribution in [0.3, 0.4) is 0 Å². The molecule has 2 heterocycles. The third-order valence-corrected chi connectivity index (χ3v) is 3.03. The molecular weight excluding hydrogens is 252 g/mol. The molecule has 0 saturated carbocycles. The number of carbonyl (C=O) groups excluding carboxylic acids is 1. The van der Waals surface area contributed by atoms with Gasteiger partial charge in [0, 0.05) is 38.4 Å². The number of hydrogen-bond acceptors (Lipinski definition) is 4. The maximum atomic E-state index is 11.8. The second-order valence-corrected chi connectivity index (χ2v) is 4.43. The number of imidazole rings is 1. The first-order chi connectivity index (χ1) is 9.08. The molecule has 1 aromatic heterocycles. The van der Waals surface area contributed by atoms with E-state index >= 15 is 0 Å². The number of nitrogens with zero attached hydrogens (tertiary/aromatic N) is 3. The molecule has 0 bridgehead atoms. The summed E-state index contributed by atoms with van der Waals surface area (Å²) in [6, 6.07) is -1.42. The van der Waals surface area contributed by atoms with Crippen molar-refractivity contribution in [3.05, 3.63) is 18.7 Å². The molecule has 2 amide bonds. The molecule has 8 heteroatoms. The molecule has 0 radical (unpaired) electrons. The maximum absolute atomic E-state index is 11.8. The molecule has 1 aliphatic rings. The van der Waals surface area contributed by atoms with E-state index in [2.05, 4.69) is 10.3 Å². The number of rotatable bonds is 4. The summed E-state index contributed by atoms with van der Waals surface area (Å²) >= 11 is 0. The number of carbonyl (C=O) groups is 2. The van der Waals surface area contributed by atoms with Gasteiger partial charge in [-0.3, -0.25) is 0 Å². The SMILES string of the molecule is O=C(O)[C@H]1C[C@@H](O)CN1C(=O)NCCn1ccnc1. The Bertz CT molecular complexity index is 448. The van der Waals surface area contributed by atoms with Crippen molar-refractivity contribution in [1.29, 1.82) is 0 Å². The number of likely N-dealkylation sites (tertiary alicyclic amines) is 1. The summed E-state index contributed by atoms with van der Waals surface area (Å²) in [5.41, 5.74) is 0. The normalized spacial score (nSPS) is 22.5. The molecule has 3 N–H and O–H groups in total. The fourth-order valence-corrected chi connectivity index (χ4v) is 2.08. The molecule has 104 valence electrons. The van der Waals surface area contributed by atoms with E-state index < -0.39 is 24.1 Å². The molecule has 19 heavy (non-hydrogen) atoms. The van der Waals surface area contributed by atoms with Crippen LogP contribution in [0, 0.1) is 0 Å². The monoisotopic (exact) mass is 268 g/mol. The minimum absolute atomic E-state index is 0.0495. The lowest BCUT2D eigenvalue weighted by molar-refractivity contribution is -0.141. The zero-order valence-corrected chi connectivity index (χ0v) is 10.3. The van der Waals surface area contributed by atoms with Crippen molar-refractivity contribution in [2.24, 2.45) is 0 Å². The largest absolute Gasteiger partial charge is 0.480 e. The molecule has 1 saturated heterocycles. The summed E-state index contributed by atoms with van der Waals surface area (Å²) in [5.74, 6) is -1.10. The number of urea groups is 1. The summed E-state index contributed by atoms with van der Waals surface area (Å²) in [6.45, 7) is 0.974. The summed E-state index contributed by atoms with van der Waals surface area (Å²) < 4.78 is 1.80. The van der Waals surface area contributed by atoms with Gasteiger partial charge in [0.2, 0.25) is 0 Å². The number of hydrogen-bond donors (Lipinski definition) is 3. The standard InChI is InChI=1S/C11H16N4O4/c16-8-5-9(10(17)18)15(6-8)11(19)13-2-4-14-3-1-12-7-14/h1,3,7-9,16H,2,4-6H2,(H,13,19)(H,17,18)/t8-,9-/m1/s1. The number of carboxylic acid groups (broad SMARTS) is 1. The van der Waals surface area contributed by atoms with Crippen molar-refractivity contribution >= 4 is 12.0 Å². The first-order valence-electron chi connectivity index (χ1n) is 5.99. The minimum atomic E-state index is -1.10. The van der Waals surface area contributed by atoms with Crippen LogP contribution in [-0.4, -0.2) is 61.9 Å². The number of nitrogens with one attached hydrogen (secondary N) is 1. The average molecular weight is 268 g/mol. The van der Waals surface area contributed by atoms with Crippen LogP contribution in [0.25, 0.3) is 0 Å². The van der Waals surface area contributed by atoms with Crippen molar-refractivity contribution in [2.75, 3.05) is 13.1 Å². The van der Waals surface area contributed by atoms with Crippen molar-refractivity contribution in [2.45, 2.75) is 25.1 Å². The summed E-state index contributed by atoms with van der Waals surface area (Å²) in [6.07, 6.45) is 4.33. The molecule has 0 unspecified atom stereocenters. The molecule has 2 atom stereocenters. The summed E-state index contributed by atoms with van der Waals surface area (Å²) in [5, 5.41) is 21.1. The van der Waals surface area contributed by atoms with Gasteiger partial charge in [-0.25, -0.2) is 14.6 Å². The van der Waals surface area contributed by atoms with Crippen molar-refractivity contribution in [3.63, 3.8) is 0 Å². The average Bonchev–Trinajstić information content (AvgIpc) is 2.98. The molecule has 0 aliphatic carbocycles. The van der Waals surface area contributed by atoms with Crippen LogP contribution in [0.15, 0.2) is 18.7 Å². The van der Waals surface area contributed by atoms with Gasteiger partial charge in [-0.05, 0) is 0 Å². The number of amides is 2. The second-order valence-electron chi connectivity index (χ2n) is 4.43. The second kappa shape index (κ2) is 5.70. The van der Waals surface area contributed by atoms with Crippen LogP contribution in [0.1, 0.15) is 6.42 Å². The smallest absolute Gasteiger partial charge is 0.326 e. The lowest BCUT2D eigenvalue weighted by Crippen LogP contribution is -2.46. The Morgan fingerprint density at radius 3 is 2.89 bits per heavy atom. The lowest BCUT2D eigenvalue weighted by atomic mass is 10.2. The topological polar surface area (TPSA) is 108 Å². The highest BCUT2D eigenvalue weighted by atomic mass is 16.4. The van der Waals surface area contributed by atoms with Crippen LogP contribution in [0.2, 0.25) is 0 Å². The third-order valence-electron chi connectivity index (χ3n) is 3.03. The third kappa shape index (κ3) is 3.22. The van der Waals surface area contributed by atoms with E-state index in [1.807, 2.05) is 0 Å². The number of carboxylic acids is 1. The van der Waals surface area contributed by atoms with Crippen LogP contribution in [0.5, 0.6) is 0 Å². The van der Waals surface area contributed by atoms with Crippen LogP contribution >= 0.6 is 0 Å². The fourth-order valence-electron chi connectivity index (χ4n) is 2.08. The van der Waals surface area contributed by atoms with E-state index in [0.717, 1.165) is 4.90 Å². The fraction of sp³-hybridized carbons (Fsp3) is 0.545. The molecular formula is C11H16N4O4. The van der Waals surface area contributed by atoms with Crippen molar-refractivity contribution < 1.29 is 19.8 Å². The van der Waals surface area contributed by atoms with Gasteiger partial charge < -0.3 is 25.0 Å². The molecule has 8 nitrogen and oxygen atoms in total. The number of β-amino-alcohol motifs (C(OH)–C–C–N with tert-alkyl or cyclic N) is 1. The quantitative estimate of drug-likeness (QED) is 0.656. The van der Waals surface area contributed by atoms with E-state index in [0.29, 0.717) is 13.1 Å². The Balaban J connectivity index is 1.83. The van der Waals surface area contributed by atoms with Gasteiger partial charge >= 0.3 is 12.0 Å². The molecule has 0 aromatic carbocycles. The number of aliphatic carboxylic acids is 1. The van der Waals surface area contributed by atoms with Gasteiger partial charge in [-0.1, -0.05) is 0 Å². The van der Waals surface area contributed by atoms with E-state index in [9.17, 15) is 14.7 Å². The highest BCUT2D eigenvalue weighted by Crippen LogP contribution is 2.17. The Hall–Kier alpha value is -2.09. The number of aliphatic hydroxyl groups excluding tert-OH is 1. The van der Waals surface area contributed by atoms with Gasteiger partial charge in [-0.2, -0.15) is 0 Å². The van der Waals surface area contributed by atoms with Gasteiger partial charge in [0.15, 0.2) is 0 Å². The van der Waals surface area contributed by atoms with Gasteiger partial charge in [0.25, 0.3) is 0 Å². The Morgan fingerprint density at radius 1 is 1.47 bits per heavy atom. The van der Waals surface area contributed by atoms with Crippen molar-refractivity contribution in [3.8, 4) is 0 Å². The van der Waals surface area contributed by atoms with Crippen molar-refractivity contribution in [1.82, 2.24) is 19.8 Å². The first kappa shape index (κ1) is 13.3. The van der Waals surface area contributed by atoms with Crippen LogP contribution in [0.4, 0.5) is 4.79 Å². The van der Waals surface area contributed by atoms with E-state index in [1.165, 1.54) is 0 Å². The van der Waals surface area contributed by atoms with Gasteiger partial charge in [0.05, 0.1) is 12.4 Å². The molecule has 1 aromatic rings. The number of aromatic nitrogens is 2. The highest BCUT2D eigenvalue weighted by molar-refractivity contribution is 5.83. The summed E-state index contributed by atoms with van der Waals surface area (Å²) in [7, 11) is 0. The van der Waals surface area contributed by atoms with E-state index in [-0.39, 0.29) is 13.0 Å². The first-order valence-corrected chi connectivity index (χ1v) is 5.99. The predicted molar refractivity (Wildman–Crippen MR) is 64.4 cm³/mol. The summed E-state index contributed by atoms with van der Waals surface area (Å²) in [4.78, 5) is 27.9.